The molecule has 0 aliphatic heterocycles. The second-order valence-electron chi connectivity index (χ2n) is 4.95. The highest BCUT2D eigenvalue weighted by molar-refractivity contribution is 7.90. The summed E-state index contributed by atoms with van der Waals surface area (Å²) in [5.41, 5.74) is 1.54. The molecule has 2 aromatic carbocycles. The number of rotatable bonds is 3. The molecule has 2 rings (SSSR count). The van der Waals surface area contributed by atoms with Crippen LogP contribution in [0.1, 0.15) is 5.56 Å². The van der Waals surface area contributed by atoms with Gasteiger partial charge >= 0.3 is 0 Å². The number of sulfonamides is 1. The lowest BCUT2D eigenvalue weighted by Crippen LogP contribution is -2.39. The van der Waals surface area contributed by atoms with Crippen molar-refractivity contribution in [1.82, 2.24) is 5.01 Å². The average molecular weight is 353 g/mol. The highest BCUT2D eigenvalue weighted by Crippen LogP contribution is 2.17. The first kappa shape index (κ1) is 17.3. The van der Waals surface area contributed by atoms with Crippen LogP contribution >= 0.6 is 11.6 Å². The van der Waals surface area contributed by atoms with Crippen LogP contribution in [-0.4, -0.2) is 26.4 Å². The maximum atomic E-state index is 12.4. The smallest absolute Gasteiger partial charge is 0.285 e. The third kappa shape index (κ3) is 4.69. The molecule has 0 radical (unpaired) electrons. The van der Waals surface area contributed by atoms with Gasteiger partial charge < -0.3 is 5.32 Å². The third-order valence-electron chi connectivity index (χ3n) is 2.94. The van der Waals surface area contributed by atoms with Crippen molar-refractivity contribution >= 4 is 33.3 Å². The van der Waals surface area contributed by atoms with E-state index in [-0.39, 0.29) is 10.9 Å². The Bertz CT molecular complexity index is 818. The summed E-state index contributed by atoms with van der Waals surface area (Å²) < 4.78 is 28.5. The van der Waals surface area contributed by atoms with Crippen molar-refractivity contribution in [1.29, 1.82) is 0 Å². The number of hydrogen-bond donors (Lipinski definition) is 2. The molecule has 6 nitrogen and oxygen atoms in total. The summed E-state index contributed by atoms with van der Waals surface area (Å²) in [6.45, 7) is 1.87. The number of halogens is 1. The Morgan fingerprint density at radius 3 is 2.43 bits per heavy atom. The Hall–Kier alpha value is -2.09. The lowest BCUT2D eigenvalue weighted by atomic mass is 10.2. The van der Waals surface area contributed by atoms with Gasteiger partial charge in [-0.2, -0.15) is 8.42 Å². The van der Waals surface area contributed by atoms with E-state index in [1.54, 1.807) is 36.4 Å². The van der Waals surface area contributed by atoms with Gasteiger partial charge in [-0.15, -0.1) is 4.40 Å². The first-order chi connectivity index (χ1) is 10.8. The van der Waals surface area contributed by atoms with E-state index >= 15 is 0 Å². The number of hydrazine groups is 1. The minimum atomic E-state index is -3.88. The number of guanidine groups is 1. The molecule has 0 aliphatic rings. The molecule has 3 N–H and O–H groups in total. The summed E-state index contributed by atoms with van der Waals surface area (Å²) in [5.74, 6) is 5.65. The molecule has 23 heavy (non-hydrogen) atoms. The number of benzene rings is 2. The Morgan fingerprint density at radius 1 is 1.22 bits per heavy atom. The van der Waals surface area contributed by atoms with E-state index in [9.17, 15) is 8.42 Å². The van der Waals surface area contributed by atoms with E-state index in [0.29, 0.717) is 10.7 Å². The van der Waals surface area contributed by atoms with Crippen LogP contribution in [0.4, 0.5) is 5.69 Å². The Morgan fingerprint density at radius 2 is 1.87 bits per heavy atom. The fourth-order valence-electron chi connectivity index (χ4n) is 1.75. The predicted molar refractivity (Wildman–Crippen MR) is 92.8 cm³/mol. The van der Waals surface area contributed by atoms with E-state index in [2.05, 4.69) is 9.71 Å². The molecular weight excluding hydrogens is 336 g/mol. The number of anilines is 1. The Labute approximate surface area is 140 Å². The van der Waals surface area contributed by atoms with E-state index in [0.717, 1.165) is 10.6 Å². The second-order valence-corrected chi connectivity index (χ2v) is 6.99. The van der Waals surface area contributed by atoms with Crippen molar-refractivity contribution in [3.8, 4) is 0 Å². The maximum Gasteiger partial charge on any atom is 0.285 e. The largest absolute Gasteiger partial charge is 0.324 e. The van der Waals surface area contributed by atoms with Crippen LogP contribution < -0.4 is 11.2 Å². The maximum absolute atomic E-state index is 12.4. The fourth-order valence-corrected chi connectivity index (χ4v) is 2.93. The molecule has 0 amide bonds. The van der Waals surface area contributed by atoms with E-state index in [1.807, 2.05) is 6.92 Å². The molecular formula is C15H17ClN4O2S. The van der Waals surface area contributed by atoms with Gasteiger partial charge in [0.25, 0.3) is 10.0 Å². The summed E-state index contributed by atoms with van der Waals surface area (Å²) in [7, 11) is -2.39. The summed E-state index contributed by atoms with van der Waals surface area (Å²) in [6.07, 6.45) is 0. The fraction of sp³-hybridized carbons (Fsp3) is 0.133. The van der Waals surface area contributed by atoms with Crippen LogP contribution in [-0.2, 0) is 10.0 Å². The Kier molecular flexibility index (Phi) is 5.25. The molecule has 2 aromatic rings. The number of aryl methyl sites for hydroxylation is 1. The number of hydrogen-bond acceptors (Lipinski definition) is 3. The minimum Gasteiger partial charge on any atom is -0.324 e. The quantitative estimate of drug-likeness (QED) is 0.383. The highest BCUT2D eigenvalue weighted by Gasteiger charge is 2.16. The molecule has 0 fully saturated rings. The van der Waals surface area contributed by atoms with Gasteiger partial charge in [0.1, 0.15) is 0 Å². The van der Waals surface area contributed by atoms with Crippen molar-refractivity contribution in [2.75, 3.05) is 12.4 Å². The van der Waals surface area contributed by atoms with Crippen LogP contribution in [0.5, 0.6) is 0 Å². The average Bonchev–Trinajstić information content (AvgIpc) is 2.46. The zero-order valence-electron chi connectivity index (χ0n) is 12.7. The van der Waals surface area contributed by atoms with Crippen molar-refractivity contribution in [2.24, 2.45) is 10.2 Å². The molecule has 0 heterocycles. The SMILES string of the molecule is Cc1ccc(S(=O)(=O)N=C(Nc2cccc(Cl)c2)N(C)N)cc1. The van der Waals surface area contributed by atoms with Crippen molar-refractivity contribution in [2.45, 2.75) is 11.8 Å². The molecule has 0 saturated carbocycles. The molecule has 0 unspecified atom stereocenters. The van der Waals surface area contributed by atoms with Crippen LogP contribution in [0, 0.1) is 6.92 Å². The van der Waals surface area contributed by atoms with Gasteiger partial charge in [-0.3, -0.25) is 5.01 Å². The van der Waals surface area contributed by atoms with E-state index in [1.165, 1.54) is 19.2 Å². The topological polar surface area (TPSA) is 87.8 Å². The zero-order chi connectivity index (χ0) is 17.0. The van der Waals surface area contributed by atoms with Gasteiger partial charge in [-0.05, 0) is 37.3 Å². The normalized spacial score (nSPS) is 12.1. The van der Waals surface area contributed by atoms with Crippen molar-refractivity contribution in [3.05, 3.63) is 59.1 Å². The van der Waals surface area contributed by atoms with Gasteiger partial charge in [-0.25, -0.2) is 5.84 Å². The molecule has 0 bridgehead atoms. The summed E-state index contributed by atoms with van der Waals surface area (Å²) in [6, 6.07) is 13.2. The first-order valence-corrected chi connectivity index (χ1v) is 8.52. The van der Waals surface area contributed by atoms with Crippen LogP contribution in [0.2, 0.25) is 5.02 Å². The molecule has 0 aliphatic carbocycles. The first-order valence-electron chi connectivity index (χ1n) is 6.70. The Balaban J connectivity index is 2.36. The van der Waals surface area contributed by atoms with E-state index in [4.69, 9.17) is 17.4 Å². The number of nitrogens with two attached hydrogens (primary N) is 1. The molecule has 8 heteroatoms. The van der Waals surface area contributed by atoms with Gasteiger partial charge in [0, 0.05) is 17.8 Å². The third-order valence-corrected chi connectivity index (χ3v) is 4.46. The van der Waals surface area contributed by atoms with Crippen LogP contribution in [0.3, 0.4) is 0 Å². The monoisotopic (exact) mass is 352 g/mol. The number of nitrogens with zero attached hydrogens (tertiary/aromatic N) is 2. The lowest BCUT2D eigenvalue weighted by molar-refractivity contribution is 0.536. The summed E-state index contributed by atoms with van der Waals surface area (Å²) >= 11 is 5.91. The molecule has 0 saturated heterocycles. The van der Waals surface area contributed by atoms with Gasteiger partial charge in [-0.1, -0.05) is 35.4 Å². The van der Waals surface area contributed by atoms with Gasteiger partial charge in [0.15, 0.2) is 0 Å². The molecule has 0 aromatic heterocycles. The second kappa shape index (κ2) is 6.99. The predicted octanol–water partition coefficient (Wildman–Crippen LogP) is 2.61. The van der Waals surface area contributed by atoms with Gasteiger partial charge in [0.2, 0.25) is 5.96 Å². The minimum absolute atomic E-state index is 0.0205. The van der Waals surface area contributed by atoms with E-state index < -0.39 is 10.0 Å². The molecule has 0 spiro atoms. The standard InChI is InChI=1S/C15H17ClN4O2S/c1-11-6-8-14(9-7-11)23(21,22)19-15(20(2)17)18-13-5-3-4-12(16)10-13/h3-10H,17H2,1-2H3,(H,18,19). The van der Waals surface area contributed by atoms with Crippen molar-refractivity contribution in [3.63, 3.8) is 0 Å². The van der Waals surface area contributed by atoms with Gasteiger partial charge in [0.05, 0.1) is 4.90 Å². The molecule has 122 valence electrons. The number of nitrogens with one attached hydrogen (secondary N) is 1. The molecule has 0 atom stereocenters. The lowest BCUT2D eigenvalue weighted by Gasteiger charge is -2.17. The van der Waals surface area contributed by atoms with Crippen LogP contribution in [0.25, 0.3) is 0 Å². The summed E-state index contributed by atoms with van der Waals surface area (Å²) in [4.78, 5) is 0.0929. The van der Waals surface area contributed by atoms with Crippen LogP contribution in [0.15, 0.2) is 57.8 Å². The zero-order valence-corrected chi connectivity index (χ0v) is 14.3. The van der Waals surface area contributed by atoms with Crippen molar-refractivity contribution < 1.29 is 8.42 Å². The highest BCUT2D eigenvalue weighted by atomic mass is 35.5. The summed E-state index contributed by atoms with van der Waals surface area (Å²) in [5, 5.41) is 4.44.